The van der Waals surface area contributed by atoms with Crippen LogP contribution in [0, 0.1) is 0 Å². The quantitative estimate of drug-likeness (QED) is 0.676. The number of rotatable bonds is 5. The number of nitrogens with one attached hydrogen (secondary N) is 2. The molecule has 0 atom stereocenters. The predicted octanol–water partition coefficient (Wildman–Crippen LogP) is 4.86. The predicted molar refractivity (Wildman–Crippen MR) is 107 cm³/mol. The van der Waals surface area contributed by atoms with E-state index in [-0.39, 0.29) is 0 Å². The Hall–Kier alpha value is -3.28. The summed E-state index contributed by atoms with van der Waals surface area (Å²) in [7, 11) is 0. The van der Waals surface area contributed by atoms with Gasteiger partial charge in [-0.2, -0.15) is 4.98 Å². The Bertz CT molecular complexity index is 943. The highest BCUT2D eigenvalue weighted by molar-refractivity contribution is 5.64. The molecule has 0 unspecified atom stereocenters. The Morgan fingerprint density at radius 2 is 1.74 bits per heavy atom. The standard InChI is InChI=1S/C21H22N4O2/c1-14(2)16-5-3-4-6-17(16)24-20-9-10-22-21(25-20)23-15-7-8-18-19(13-15)27-12-11-26-18/h3-10,13-14H,11-12H2,1-2H3,(H2,22,23,24,25). The average Bonchev–Trinajstić information content (AvgIpc) is 2.68. The molecule has 27 heavy (non-hydrogen) atoms. The monoisotopic (exact) mass is 362 g/mol. The van der Waals surface area contributed by atoms with E-state index in [1.54, 1.807) is 6.20 Å². The van der Waals surface area contributed by atoms with Crippen molar-refractivity contribution in [3.8, 4) is 11.5 Å². The minimum atomic E-state index is 0.422. The molecular formula is C21H22N4O2. The molecule has 6 heteroatoms. The lowest BCUT2D eigenvalue weighted by atomic mass is 10.0. The Morgan fingerprint density at radius 1 is 0.926 bits per heavy atom. The highest BCUT2D eigenvalue weighted by atomic mass is 16.6. The maximum Gasteiger partial charge on any atom is 0.229 e. The van der Waals surface area contributed by atoms with E-state index in [0.717, 1.165) is 28.7 Å². The van der Waals surface area contributed by atoms with Gasteiger partial charge < -0.3 is 20.1 Å². The summed E-state index contributed by atoms with van der Waals surface area (Å²) in [6.45, 7) is 5.49. The van der Waals surface area contributed by atoms with Gasteiger partial charge in [0.15, 0.2) is 11.5 Å². The summed E-state index contributed by atoms with van der Waals surface area (Å²) >= 11 is 0. The smallest absolute Gasteiger partial charge is 0.229 e. The van der Waals surface area contributed by atoms with Crippen molar-refractivity contribution in [1.29, 1.82) is 0 Å². The summed E-state index contributed by atoms with van der Waals surface area (Å²) in [5.41, 5.74) is 3.15. The minimum absolute atomic E-state index is 0.422. The van der Waals surface area contributed by atoms with Crippen LogP contribution in [0.5, 0.6) is 11.5 Å². The molecule has 0 bridgehead atoms. The Balaban J connectivity index is 1.53. The lowest BCUT2D eigenvalue weighted by Crippen LogP contribution is -2.15. The number of nitrogens with zero attached hydrogens (tertiary/aromatic N) is 2. The topological polar surface area (TPSA) is 68.3 Å². The van der Waals surface area contributed by atoms with Crippen LogP contribution in [0.1, 0.15) is 25.3 Å². The van der Waals surface area contributed by atoms with Crippen molar-refractivity contribution in [1.82, 2.24) is 9.97 Å². The normalized spacial score (nSPS) is 12.7. The fourth-order valence-corrected chi connectivity index (χ4v) is 2.99. The zero-order chi connectivity index (χ0) is 18.6. The van der Waals surface area contributed by atoms with E-state index in [0.29, 0.717) is 25.1 Å². The fourth-order valence-electron chi connectivity index (χ4n) is 2.99. The van der Waals surface area contributed by atoms with E-state index in [4.69, 9.17) is 9.47 Å². The van der Waals surface area contributed by atoms with Gasteiger partial charge in [-0.1, -0.05) is 32.0 Å². The van der Waals surface area contributed by atoms with Gasteiger partial charge in [-0.05, 0) is 35.7 Å². The second kappa shape index (κ2) is 7.53. The van der Waals surface area contributed by atoms with E-state index in [1.807, 2.05) is 30.3 Å². The molecule has 1 aliphatic heterocycles. The Morgan fingerprint density at radius 3 is 2.59 bits per heavy atom. The summed E-state index contributed by atoms with van der Waals surface area (Å²) < 4.78 is 11.2. The van der Waals surface area contributed by atoms with Crippen LogP contribution in [0.4, 0.5) is 23.1 Å². The SMILES string of the molecule is CC(C)c1ccccc1Nc1ccnc(Nc2ccc3c(c2)OCCO3)n1. The van der Waals surface area contributed by atoms with Gasteiger partial charge in [0.2, 0.25) is 5.95 Å². The van der Waals surface area contributed by atoms with Gasteiger partial charge in [0.25, 0.3) is 0 Å². The minimum Gasteiger partial charge on any atom is -0.486 e. The first-order valence-electron chi connectivity index (χ1n) is 9.05. The van der Waals surface area contributed by atoms with Gasteiger partial charge >= 0.3 is 0 Å². The van der Waals surface area contributed by atoms with E-state index in [1.165, 1.54) is 5.56 Å². The molecule has 1 aliphatic rings. The maximum atomic E-state index is 5.62. The molecular weight excluding hydrogens is 340 g/mol. The molecule has 2 heterocycles. The molecule has 2 N–H and O–H groups in total. The first-order chi connectivity index (χ1) is 13.2. The van der Waals surface area contributed by atoms with Crippen LogP contribution in [0.15, 0.2) is 54.7 Å². The van der Waals surface area contributed by atoms with Crippen molar-refractivity contribution in [3.63, 3.8) is 0 Å². The van der Waals surface area contributed by atoms with E-state index >= 15 is 0 Å². The van der Waals surface area contributed by atoms with Crippen LogP contribution in [-0.2, 0) is 0 Å². The van der Waals surface area contributed by atoms with Crippen molar-refractivity contribution >= 4 is 23.1 Å². The van der Waals surface area contributed by atoms with Crippen molar-refractivity contribution in [2.24, 2.45) is 0 Å². The van der Waals surface area contributed by atoms with E-state index < -0.39 is 0 Å². The highest BCUT2D eigenvalue weighted by Crippen LogP contribution is 2.33. The molecule has 0 saturated carbocycles. The lowest BCUT2D eigenvalue weighted by Gasteiger charge is -2.19. The second-order valence-corrected chi connectivity index (χ2v) is 6.62. The van der Waals surface area contributed by atoms with Crippen LogP contribution >= 0.6 is 0 Å². The molecule has 0 spiro atoms. The van der Waals surface area contributed by atoms with Gasteiger partial charge in [0, 0.05) is 23.6 Å². The summed E-state index contributed by atoms with van der Waals surface area (Å²) in [6, 6.07) is 15.8. The van der Waals surface area contributed by atoms with Gasteiger partial charge in [0.1, 0.15) is 19.0 Å². The summed E-state index contributed by atoms with van der Waals surface area (Å²) in [5, 5.41) is 6.61. The number of hydrogen-bond acceptors (Lipinski definition) is 6. The number of aromatic nitrogens is 2. The number of hydrogen-bond donors (Lipinski definition) is 2. The first-order valence-corrected chi connectivity index (χ1v) is 9.05. The number of anilines is 4. The molecule has 0 amide bonds. The van der Waals surface area contributed by atoms with E-state index in [9.17, 15) is 0 Å². The molecule has 6 nitrogen and oxygen atoms in total. The zero-order valence-corrected chi connectivity index (χ0v) is 15.4. The molecule has 1 aromatic heterocycles. The number of benzene rings is 2. The first kappa shape index (κ1) is 17.1. The summed E-state index contributed by atoms with van der Waals surface area (Å²) in [5.74, 6) is 3.16. The third kappa shape index (κ3) is 3.95. The number of para-hydroxylation sites is 1. The molecule has 0 aliphatic carbocycles. The van der Waals surface area contributed by atoms with Crippen molar-refractivity contribution in [2.45, 2.75) is 19.8 Å². The van der Waals surface area contributed by atoms with Crippen LogP contribution in [0.25, 0.3) is 0 Å². The molecule has 138 valence electrons. The zero-order valence-electron chi connectivity index (χ0n) is 15.4. The Labute approximate surface area is 158 Å². The van der Waals surface area contributed by atoms with Crippen LogP contribution in [0.3, 0.4) is 0 Å². The highest BCUT2D eigenvalue weighted by Gasteiger charge is 2.12. The van der Waals surface area contributed by atoms with Crippen LogP contribution in [-0.4, -0.2) is 23.2 Å². The molecule has 0 saturated heterocycles. The Kier molecular flexibility index (Phi) is 4.78. The van der Waals surface area contributed by atoms with Crippen molar-refractivity contribution in [3.05, 3.63) is 60.3 Å². The molecule has 3 aromatic rings. The van der Waals surface area contributed by atoms with Crippen LogP contribution in [0.2, 0.25) is 0 Å². The third-order valence-electron chi connectivity index (χ3n) is 4.30. The second-order valence-electron chi connectivity index (χ2n) is 6.62. The molecule has 2 aromatic carbocycles. The summed E-state index contributed by atoms with van der Waals surface area (Å²) in [4.78, 5) is 8.88. The average molecular weight is 362 g/mol. The fraction of sp³-hybridized carbons (Fsp3) is 0.238. The van der Waals surface area contributed by atoms with Crippen LogP contribution < -0.4 is 20.1 Å². The summed E-state index contributed by atoms with van der Waals surface area (Å²) in [6.07, 6.45) is 1.73. The van der Waals surface area contributed by atoms with Gasteiger partial charge in [-0.3, -0.25) is 0 Å². The lowest BCUT2D eigenvalue weighted by molar-refractivity contribution is 0.171. The van der Waals surface area contributed by atoms with Gasteiger partial charge in [-0.15, -0.1) is 0 Å². The van der Waals surface area contributed by atoms with E-state index in [2.05, 4.69) is 52.6 Å². The van der Waals surface area contributed by atoms with Crippen molar-refractivity contribution in [2.75, 3.05) is 23.8 Å². The largest absolute Gasteiger partial charge is 0.486 e. The number of fused-ring (bicyclic) bond motifs is 1. The third-order valence-corrected chi connectivity index (χ3v) is 4.30. The molecule has 4 rings (SSSR count). The molecule has 0 fully saturated rings. The number of ether oxygens (including phenoxy) is 2. The van der Waals surface area contributed by atoms with Gasteiger partial charge in [0.05, 0.1) is 0 Å². The maximum absolute atomic E-state index is 5.62. The van der Waals surface area contributed by atoms with Crippen molar-refractivity contribution < 1.29 is 9.47 Å². The molecule has 0 radical (unpaired) electrons. The van der Waals surface area contributed by atoms with Gasteiger partial charge in [-0.25, -0.2) is 4.98 Å².